The van der Waals surface area contributed by atoms with Gasteiger partial charge in [0, 0.05) is 31.0 Å². The molecule has 0 unspecified atom stereocenters. The van der Waals surface area contributed by atoms with E-state index < -0.39 is 0 Å². The number of nitrogens with zero attached hydrogens (tertiary/aromatic N) is 2. The van der Waals surface area contributed by atoms with E-state index in [2.05, 4.69) is 24.0 Å². The first-order valence-corrected chi connectivity index (χ1v) is 8.84. The van der Waals surface area contributed by atoms with E-state index in [0.29, 0.717) is 13.1 Å². The molecule has 0 N–H and O–H groups in total. The molecule has 1 heterocycles. The number of hydrogen-bond donors (Lipinski definition) is 0. The molecule has 0 atom stereocenters. The maximum atomic E-state index is 13.3. The largest absolute Gasteiger partial charge is 0.330 e. The topological polar surface area (TPSA) is 33.2 Å². The number of aromatic nitrogens is 1. The van der Waals surface area contributed by atoms with Gasteiger partial charge in [-0.2, -0.15) is 0 Å². The monoisotopic (exact) mass is 344 g/mol. The lowest BCUT2D eigenvalue weighted by Gasteiger charge is -2.25. The third-order valence-corrected chi connectivity index (χ3v) is 4.63. The van der Waals surface area contributed by atoms with Crippen LogP contribution in [0.15, 0.2) is 67.0 Å². The molecule has 0 spiro atoms. The summed E-state index contributed by atoms with van der Waals surface area (Å²) < 4.78 is 0. The lowest BCUT2D eigenvalue weighted by molar-refractivity contribution is 0.0729. The molecule has 0 saturated heterocycles. The van der Waals surface area contributed by atoms with Crippen LogP contribution in [0.5, 0.6) is 0 Å². The molecule has 3 nitrogen and oxygen atoms in total. The second kappa shape index (κ2) is 7.96. The minimum absolute atomic E-state index is 0.0540. The molecule has 0 aliphatic carbocycles. The summed E-state index contributed by atoms with van der Waals surface area (Å²) in [6.45, 7) is 7.20. The van der Waals surface area contributed by atoms with Gasteiger partial charge in [0.05, 0.1) is 0 Å². The molecule has 0 fully saturated rings. The summed E-state index contributed by atoms with van der Waals surface area (Å²) in [5, 5.41) is 0. The van der Waals surface area contributed by atoms with Gasteiger partial charge in [0.2, 0.25) is 0 Å². The summed E-state index contributed by atoms with van der Waals surface area (Å²) in [4.78, 5) is 19.4. The van der Waals surface area contributed by atoms with Gasteiger partial charge in [-0.25, -0.2) is 0 Å². The van der Waals surface area contributed by atoms with Crippen molar-refractivity contribution >= 4 is 5.91 Å². The molecular weight excluding hydrogens is 320 g/mol. The highest BCUT2D eigenvalue weighted by molar-refractivity contribution is 5.95. The van der Waals surface area contributed by atoms with Crippen molar-refractivity contribution in [2.24, 2.45) is 0 Å². The Morgan fingerprint density at radius 2 is 1.73 bits per heavy atom. The van der Waals surface area contributed by atoms with E-state index in [1.807, 2.05) is 67.4 Å². The van der Waals surface area contributed by atoms with Crippen molar-refractivity contribution in [3.05, 3.63) is 100 Å². The van der Waals surface area contributed by atoms with Gasteiger partial charge >= 0.3 is 0 Å². The molecule has 132 valence electrons. The number of carbonyl (C=O) groups excluding carboxylic acids is 1. The molecule has 0 aliphatic heterocycles. The van der Waals surface area contributed by atoms with Crippen LogP contribution in [0.1, 0.15) is 38.2 Å². The number of aryl methyl sites for hydroxylation is 3. The molecule has 3 rings (SSSR count). The first-order valence-electron chi connectivity index (χ1n) is 8.84. The van der Waals surface area contributed by atoms with E-state index in [-0.39, 0.29) is 5.91 Å². The van der Waals surface area contributed by atoms with E-state index >= 15 is 0 Å². The predicted octanol–water partition coefficient (Wildman–Crippen LogP) is 4.85. The van der Waals surface area contributed by atoms with Gasteiger partial charge in [-0.15, -0.1) is 0 Å². The van der Waals surface area contributed by atoms with Crippen molar-refractivity contribution in [1.29, 1.82) is 0 Å². The standard InChI is InChI=1S/C23H24N2O/c1-17-10-11-19(3)22(13-17)23(26)25(15-20-8-6-12-24-14-20)16-21-9-5-4-7-18(21)2/h4-14H,15-16H2,1-3H3. The highest BCUT2D eigenvalue weighted by atomic mass is 16.2. The summed E-state index contributed by atoms with van der Waals surface area (Å²) in [5.41, 5.74) is 6.24. The number of pyridine rings is 1. The van der Waals surface area contributed by atoms with Gasteiger partial charge in [0.1, 0.15) is 0 Å². The third-order valence-electron chi connectivity index (χ3n) is 4.63. The summed E-state index contributed by atoms with van der Waals surface area (Å²) in [5.74, 6) is 0.0540. The third kappa shape index (κ3) is 4.17. The number of hydrogen-bond acceptors (Lipinski definition) is 2. The van der Waals surface area contributed by atoms with Gasteiger partial charge in [-0.3, -0.25) is 9.78 Å². The Kier molecular flexibility index (Phi) is 5.47. The molecule has 0 saturated carbocycles. The fourth-order valence-corrected chi connectivity index (χ4v) is 3.04. The maximum absolute atomic E-state index is 13.3. The van der Waals surface area contributed by atoms with Crippen molar-refractivity contribution < 1.29 is 4.79 Å². The van der Waals surface area contributed by atoms with Gasteiger partial charge in [-0.05, 0) is 55.2 Å². The number of rotatable bonds is 5. The van der Waals surface area contributed by atoms with E-state index in [0.717, 1.165) is 27.8 Å². The molecule has 1 aromatic heterocycles. The van der Waals surface area contributed by atoms with Crippen LogP contribution in [0, 0.1) is 20.8 Å². The highest BCUT2D eigenvalue weighted by Crippen LogP contribution is 2.19. The van der Waals surface area contributed by atoms with Crippen LogP contribution in [-0.4, -0.2) is 15.8 Å². The SMILES string of the molecule is Cc1ccc(C)c(C(=O)N(Cc2cccnc2)Cc2ccccc2C)c1. The minimum Gasteiger partial charge on any atom is -0.330 e. The fourth-order valence-electron chi connectivity index (χ4n) is 3.04. The van der Waals surface area contributed by atoms with E-state index in [4.69, 9.17) is 0 Å². The maximum Gasteiger partial charge on any atom is 0.254 e. The molecule has 0 bridgehead atoms. The predicted molar refractivity (Wildman–Crippen MR) is 105 cm³/mol. The van der Waals surface area contributed by atoms with Crippen molar-refractivity contribution in [2.45, 2.75) is 33.9 Å². The summed E-state index contributed by atoms with van der Waals surface area (Å²) >= 11 is 0. The van der Waals surface area contributed by atoms with Crippen LogP contribution in [0.3, 0.4) is 0 Å². The van der Waals surface area contributed by atoms with Crippen LogP contribution < -0.4 is 0 Å². The Morgan fingerprint density at radius 3 is 2.46 bits per heavy atom. The van der Waals surface area contributed by atoms with Gasteiger partial charge in [0.15, 0.2) is 0 Å². The van der Waals surface area contributed by atoms with Crippen LogP contribution in [-0.2, 0) is 13.1 Å². The smallest absolute Gasteiger partial charge is 0.254 e. The fraction of sp³-hybridized carbons (Fsp3) is 0.217. The molecule has 26 heavy (non-hydrogen) atoms. The second-order valence-corrected chi connectivity index (χ2v) is 6.77. The first kappa shape index (κ1) is 17.9. The molecule has 3 aromatic rings. The van der Waals surface area contributed by atoms with Crippen molar-refractivity contribution in [1.82, 2.24) is 9.88 Å². The zero-order valence-corrected chi connectivity index (χ0v) is 15.6. The van der Waals surface area contributed by atoms with Crippen LogP contribution >= 0.6 is 0 Å². The number of carbonyl (C=O) groups is 1. The van der Waals surface area contributed by atoms with Crippen LogP contribution in [0.2, 0.25) is 0 Å². The Balaban J connectivity index is 1.95. The van der Waals surface area contributed by atoms with Crippen molar-refractivity contribution in [3.63, 3.8) is 0 Å². The summed E-state index contributed by atoms with van der Waals surface area (Å²) in [7, 11) is 0. The Bertz CT molecular complexity index is 903. The second-order valence-electron chi connectivity index (χ2n) is 6.77. The zero-order chi connectivity index (χ0) is 18.5. The average molecular weight is 344 g/mol. The quantitative estimate of drug-likeness (QED) is 0.663. The molecule has 2 aromatic carbocycles. The van der Waals surface area contributed by atoms with E-state index in [1.54, 1.807) is 6.20 Å². The van der Waals surface area contributed by atoms with E-state index in [9.17, 15) is 4.79 Å². The highest BCUT2D eigenvalue weighted by Gasteiger charge is 2.19. The molecule has 0 radical (unpaired) electrons. The number of benzene rings is 2. The lowest BCUT2D eigenvalue weighted by Crippen LogP contribution is -2.31. The zero-order valence-electron chi connectivity index (χ0n) is 15.6. The van der Waals surface area contributed by atoms with Crippen LogP contribution in [0.4, 0.5) is 0 Å². The van der Waals surface area contributed by atoms with Crippen molar-refractivity contribution in [2.75, 3.05) is 0 Å². The van der Waals surface area contributed by atoms with Gasteiger partial charge in [0.25, 0.3) is 5.91 Å². The normalized spacial score (nSPS) is 10.6. The van der Waals surface area contributed by atoms with Crippen LogP contribution in [0.25, 0.3) is 0 Å². The minimum atomic E-state index is 0.0540. The molecule has 1 amide bonds. The Labute approximate surface area is 155 Å². The summed E-state index contributed by atoms with van der Waals surface area (Å²) in [6.07, 6.45) is 3.57. The molecular formula is C23H24N2O. The van der Waals surface area contributed by atoms with Crippen molar-refractivity contribution in [3.8, 4) is 0 Å². The summed E-state index contributed by atoms with van der Waals surface area (Å²) in [6, 6.07) is 18.2. The van der Waals surface area contributed by atoms with Gasteiger partial charge < -0.3 is 4.90 Å². The van der Waals surface area contributed by atoms with Gasteiger partial charge in [-0.1, -0.05) is 48.0 Å². The number of amides is 1. The first-order chi connectivity index (χ1) is 12.5. The average Bonchev–Trinajstić information content (AvgIpc) is 2.65. The Morgan fingerprint density at radius 1 is 0.923 bits per heavy atom. The lowest BCUT2D eigenvalue weighted by atomic mass is 10.0. The molecule has 3 heteroatoms. The molecule has 0 aliphatic rings. The Hall–Kier alpha value is -2.94. The van der Waals surface area contributed by atoms with E-state index in [1.165, 1.54) is 5.56 Å².